The maximum atomic E-state index is 11.2. The molecule has 3 aromatic rings. The van der Waals surface area contributed by atoms with Gasteiger partial charge in [0.2, 0.25) is 10.7 Å². The van der Waals surface area contributed by atoms with Gasteiger partial charge in [-0.1, -0.05) is 49.4 Å². The molecule has 0 saturated carbocycles. The van der Waals surface area contributed by atoms with Gasteiger partial charge in [0, 0.05) is 18.0 Å². The number of amides is 1. The third-order valence-electron chi connectivity index (χ3n) is 3.69. The first-order valence-corrected chi connectivity index (χ1v) is 8.72. The van der Waals surface area contributed by atoms with E-state index in [0.717, 1.165) is 28.2 Å². The summed E-state index contributed by atoms with van der Waals surface area (Å²) in [7, 11) is 0. The summed E-state index contributed by atoms with van der Waals surface area (Å²) >= 11 is 1.50. The van der Waals surface area contributed by atoms with Crippen LogP contribution in [0.1, 0.15) is 19.4 Å². The Morgan fingerprint density at radius 3 is 2.40 bits per heavy atom. The molecule has 0 aliphatic carbocycles. The number of hydrogen-bond donors (Lipinski definition) is 1. The molecule has 4 nitrogen and oxygen atoms in total. The fraction of sp³-hybridized carbons (Fsp3) is 0.158. The number of carbonyl (C=O) groups is 1. The fourth-order valence-corrected chi connectivity index (χ4v) is 3.32. The highest BCUT2D eigenvalue weighted by Gasteiger charge is 2.10. The molecule has 2 aromatic carbocycles. The largest absolute Gasteiger partial charge is 1.00 e. The van der Waals surface area contributed by atoms with Crippen molar-refractivity contribution in [3.63, 3.8) is 0 Å². The molecular formula is C19H19BrN3OS-. The van der Waals surface area contributed by atoms with Crippen LogP contribution in [0.15, 0.2) is 65.1 Å². The van der Waals surface area contributed by atoms with Gasteiger partial charge in [-0.3, -0.25) is 9.36 Å². The molecule has 0 fully saturated rings. The highest BCUT2D eigenvalue weighted by Crippen LogP contribution is 2.24. The molecule has 0 saturated heterocycles. The highest BCUT2D eigenvalue weighted by atomic mass is 79.9. The summed E-state index contributed by atoms with van der Waals surface area (Å²) in [4.78, 5) is 11.9. The average Bonchev–Trinajstić information content (AvgIpc) is 3.04. The normalized spacial score (nSPS) is 11.0. The van der Waals surface area contributed by atoms with E-state index in [2.05, 4.69) is 51.7 Å². The van der Waals surface area contributed by atoms with Gasteiger partial charge in [-0.05, 0) is 29.7 Å². The zero-order valence-corrected chi connectivity index (χ0v) is 16.5. The van der Waals surface area contributed by atoms with Gasteiger partial charge in [0.1, 0.15) is 0 Å². The number of carbonyl (C=O) groups excluding carboxylic acids is 1. The number of hydrogen-bond acceptors (Lipinski definition) is 3. The summed E-state index contributed by atoms with van der Waals surface area (Å²) in [5.74, 6) is -0.183. The Morgan fingerprint density at radius 2 is 1.80 bits per heavy atom. The number of thiazole rings is 1. The third-order valence-corrected chi connectivity index (χ3v) is 4.52. The Labute approximate surface area is 161 Å². The first kappa shape index (κ1) is 19.1. The van der Waals surface area contributed by atoms with Gasteiger partial charge in [-0.15, -0.1) is 16.4 Å². The summed E-state index contributed by atoms with van der Waals surface area (Å²) in [6.45, 7) is 3.60. The molecule has 1 amide bonds. The molecular weight excluding hydrogens is 398 g/mol. The SMILES string of the molecule is CCc1ccc(-c2cs/c(=N/NC(C)=O)n2-c2ccccc2)cc1.[Br-]. The molecule has 6 heteroatoms. The molecule has 1 aromatic heterocycles. The number of nitrogens with one attached hydrogen (secondary N) is 1. The van der Waals surface area contributed by atoms with Crippen LogP contribution >= 0.6 is 11.3 Å². The topological polar surface area (TPSA) is 46.4 Å². The quantitative estimate of drug-likeness (QED) is 0.625. The Hall–Kier alpha value is -2.18. The molecule has 0 bridgehead atoms. The molecule has 3 rings (SSSR count). The molecule has 0 atom stereocenters. The minimum atomic E-state index is -0.183. The van der Waals surface area contributed by atoms with Crippen LogP contribution in [-0.2, 0) is 11.2 Å². The van der Waals surface area contributed by atoms with Gasteiger partial charge >= 0.3 is 0 Å². The molecule has 0 aliphatic rings. The van der Waals surface area contributed by atoms with Crippen LogP contribution in [0.3, 0.4) is 0 Å². The molecule has 130 valence electrons. The summed E-state index contributed by atoms with van der Waals surface area (Å²) in [6.07, 6.45) is 1.02. The molecule has 25 heavy (non-hydrogen) atoms. The Kier molecular flexibility index (Phi) is 6.73. The number of aromatic nitrogens is 1. The van der Waals surface area contributed by atoms with E-state index in [-0.39, 0.29) is 22.9 Å². The summed E-state index contributed by atoms with van der Waals surface area (Å²) < 4.78 is 2.06. The van der Waals surface area contributed by atoms with Crippen molar-refractivity contribution >= 4 is 17.2 Å². The molecule has 1 heterocycles. The maximum absolute atomic E-state index is 11.2. The number of halogens is 1. The lowest BCUT2D eigenvalue weighted by Crippen LogP contribution is -3.00. The van der Waals surface area contributed by atoms with Crippen LogP contribution in [0.5, 0.6) is 0 Å². The van der Waals surface area contributed by atoms with E-state index in [1.54, 1.807) is 0 Å². The van der Waals surface area contributed by atoms with E-state index in [4.69, 9.17) is 0 Å². The van der Waals surface area contributed by atoms with E-state index in [1.165, 1.54) is 23.8 Å². The predicted octanol–water partition coefficient (Wildman–Crippen LogP) is 0.724. The van der Waals surface area contributed by atoms with Gasteiger partial charge in [-0.2, -0.15) is 0 Å². The van der Waals surface area contributed by atoms with Crippen molar-refractivity contribution in [2.45, 2.75) is 20.3 Å². The standard InChI is InChI=1S/C19H19N3OS.BrH/c1-3-15-9-11-16(12-10-15)18-13-24-19(21-20-14(2)23)22(18)17-7-5-4-6-8-17;/h4-13H,3H2,1-2H3,(H,20,23);1H/p-1/b21-19+;. The summed E-state index contributed by atoms with van der Waals surface area (Å²) in [5, 5.41) is 6.31. The first-order valence-electron chi connectivity index (χ1n) is 7.84. The second kappa shape index (κ2) is 8.78. The van der Waals surface area contributed by atoms with Crippen molar-refractivity contribution < 1.29 is 21.8 Å². The van der Waals surface area contributed by atoms with Crippen molar-refractivity contribution in [3.8, 4) is 16.9 Å². The lowest BCUT2D eigenvalue weighted by Gasteiger charge is -2.09. The lowest BCUT2D eigenvalue weighted by atomic mass is 10.1. The minimum absolute atomic E-state index is 0. The molecule has 0 radical (unpaired) electrons. The van der Waals surface area contributed by atoms with Gasteiger partial charge in [-0.25, -0.2) is 5.43 Å². The van der Waals surface area contributed by atoms with Crippen LogP contribution in [0.4, 0.5) is 0 Å². The number of rotatable bonds is 4. The van der Waals surface area contributed by atoms with Gasteiger partial charge < -0.3 is 17.0 Å². The average molecular weight is 417 g/mol. The number of nitrogens with zero attached hydrogens (tertiary/aromatic N) is 2. The van der Waals surface area contributed by atoms with E-state index < -0.39 is 0 Å². The Balaban J connectivity index is 0.00000225. The van der Waals surface area contributed by atoms with E-state index in [1.807, 2.05) is 30.3 Å². The van der Waals surface area contributed by atoms with Crippen molar-refractivity contribution in [1.29, 1.82) is 0 Å². The second-order valence-electron chi connectivity index (χ2n) is 5.40. The van der Waals surface area contributed by atoms with Gasteiger partial charge in [0.05, 0.1) is 5.69 Å². The summed E-state index contributed by atoms with van der Waals surface area (Å²) in [6, 6.07) is 18.6. The number of benzene rings is 2. The maximum Gasteiger partial charge on any atom is 0.237 e. The van der Waals surface area contributed by atoms with E-state index in [0.29, 0.717) is 0 Å². The minimum Gasteiger partial charge on any atom is -1.00 e. The van der Waals surface area contributed by atoms with E-state index >= 15 is 0 Å². The van der Waals surface area contributed by atoms with Crippen LogP contribution in [0.2, 0.25) is 0 Å². The second-order valence-corrected chi connectivity index (χ2v) is 6.24. The fourth-order valence-electron chi connectivity index (χ4n) is 2.45. The van der Waals surface area contributed by atoms with E-state index in [9.17, 15) is 4.79 Å². The molecule has 0 unspecified atom stereocenters. The van der Waals surface area contributed by atoms with Crippen molar-refractivity contribution in [2.75, 3.05) is 0 Å². The monoisotopic (exact) mass is 416 g/mol. The zero-order chi connectivity index (χ0) is 16.9. The Bertz CT molecular complexity index is 898. The van der Waals surface area contributed by atoms with Crippen LogP contribution in [0, 0.1) is 0 Å². The van der Waals surface area contributed by atoms with Gasteiger partial charge in [0.25, 0.3) is 0 Å². The summed E-state index contributed by atoms with van der Waals surface area (Å²) in [5.41, 5.74) is 7.03. The van der Waals surface area contributed by atoms with Crippen molar-refractivity contribution in [2.24, 2.45) is 5.10 Å². The van der Waals surface area contributed by atoms with Crippen LogP contribution in [0.25, 0.3) is 16.9 Å². The molecule has 1 N–H and O–H groups in total. The van der Waals surface area contributed by atoms with Gasteiger partial charge in [0.15, 0.2) is 0 Å². The third kappa shape index (κ3) is 4.46. The lowest BCUT2D eigenvalue weighted by molar-refractivity contribution is -0.119. The highest BCUT2D eigenvalue weighted by molar-refractivity contribution is 7.07. The smallest absolute Gasteiger partial charge is 0.237 e. The van der Waals surface area contributed by atoms with Crippen molar-refractivity contribution in [3.05, 3.63) is 70.3 Å². The van der Waals surface area contributed by atoms with Crippen molar-refractivity contribution in [1.82, 2.24) is 9.99 Å². The number of aryl methyl sites for hydroxylation is 1. The first-order chi connectivity index (χ1) is 11.7. The molecule has 0 aliphatic heterocycles. The predicted molar refractivity (Wildman–Crippen MR) is 97.8 cm³/mol. The number of para-hydroxylation sites is 1. The zero-order valence-electron chi connectivity index (χ0n) is 14.1. The molecule has 0 spiro atoms. The Morgan fingerprint density at radius 1 is 1.12 bits per heavy atom. The van der Waals surface area contributed by atoms with Crippen LogP contribution < -0.4 is 27.2 Å². The van der Waals surface area contributed by atoms with Crippen LogP contribution in [-0.4, -0.2) is 10.5 Å².